The van der Waals surface area contributed by atoms with Gasteiger partial charge in [-0.2, -0.15) is 0 Å². The van der Waals surface area contributed by atoms with Gasteiger partial charge >= 0.3 is 0 Å². The molecule has 0 aliphatic carbocycles. The largest absolute Gasteiger partial charge is 0.451 e. The zero-order valence-electron chi connectivity index (χ0n) is 12.6. The number of carbonyl (C=O) groups excluding carboxylic acids is 1. The summed E-state index contributed by atoms with van der Waals surface area (Å²) in [7, 11) is 0. The second-order valence-corrected chi connectivity index (χ2v) is 7.41. The van der Waals surface area contributed by atoms with Crippen LogP contribution in [-0.2, 0) is 5.75 Å². The molecule has 1 amide bonds. The molecule has 2 heterocycles. The first-order valence-corrected chi connectivity index (χ1v) is 9.14. The highest BCUT2D eigenvalue weighted by Gasteiger charge is 2.21. The van der Waals surface area contributed by atoms with E-state index in [9.17, 15) is 4.79 Å². The van der Waals surface area contributed by atoms with Crippen molar-refractivity contribution >= 4 is 40.0 Å². The highest BCUT2D eigenvalue weighted by atomic mass is 32.2. The number of hydrogen-bond donors (Lipinski definition) is 2. The van der Waals surface area contributed by atoms with Crippen molar-refractivity contribution in [3.05, 3.63) is 53.1 Å². The van der Waals surface area contributed by atoms with Gasteiger partial charge in [0.2, 0.25) is 0 Å². The fourth-order valence-corrected chi connectivity index (χ4v) is 4.06. The van der Waals surface area contributed by atoms with Gasteiger partial charge in [-0.05, 0) is 24.4 Å². The van der Waals surface area contributed by atoms with Gasteiger partial charge in [0, 0.05) is 22.7 Å². The Morgan fingerprint density at radius 2 is 2.17 bits per heavy atom. The SMILES string of the molecule is CC(CO)NC(=O)c1oc2ccccc2c1CSc1cccs1. The molecule has 3 rings (SSSR count). The molecule has 0 aliphatic heterocycles. The quantitative estimate of drug-likeness (QED) is 0.664. The van der Waals surface area contributed by atoms with E-state index < -0.39 is 0 Å². The zero-order chi connectivity index (χ0) is 16.2. The predicted octanol–water partition coefficient (Wildman–Crippen LogP) is 3.90. The molecule has 0 aliphatic rings. The molecule has 0 fully saturated rings. The first kappa shape index (κ1) is 16.1. The van der Waals surface area contributed by atoms with Gasteiger partial charge in [0.1, 0.15) is 5.58 Å². The van der Waals surface area contributed by atoms with Crippen LogP contribution in [0, 0.1) is 0 Å². The highest BCUT2D eigenvalue weighted by Crippen LogP contribution is 2.33. The Morgan fingerprint density at radius 1 is 1.35 bits per heavy atom. The fourth-order valence-electron chi connectivity index (χ4n) is 2.25. The van der Waals surface area contributed by atoms with E-state index in [2.05, 4.69) is 11.4 Å². The number of benzene rings is 1. The number of fused-ring (bicyclic) bond motifs is 1. The van der Waals surface area contributed by atoms with Gasteiger partial charge in [0.05, 0.1) is 10.8 Å². The van der Waals surface area contributed by atoms with Crippen molar-refractivity contribution in [2.24, 2.45) is 0 Å². The van der Waals surface area contributed by atoms with Gasteiger partial charge in [-0.1, -0.05) is 24.3 Å². The number of rotatable bonds is 6. The maximum Gasteiger partial charge on any atom is 0.287 e. The number of aliphatic hydroxyl groups excluding tert-OH is 1. The first-order valence-electron chi connectivity index (χ1n) is 7.27. The van der Waals surface area contributed by atoms with E-state index in [1.54, 1.807) is 30.0 Å². The molecule has 3 aromatic rings. The first-order chi connectivity index (χ1) is 11.2. The molecule has 4 nitrogen and oxygen atoms in total. The van der Waals surface area contributed by atoms with Crippen molar-refractivity contribution in [1.82, 2.24) is 5.32 Å². The lowest BCUT2D eigenvalue weighted by molar-refractivity contribution is 0.0895. The topological polar surface area (TPSA) is 62.5 Å². The number of thiophene rings is 1. The Labute approximate surface area is 142 Å². The summed E-state index contributed by atoms with van der Waals surface area (Å²) in [5.41, 5.74) is 1.60. The van der Waals surface area contributed by atoms with Gasteiger partial charge in [-0.15, -0.1) is 23.1 Å². The lowest BCUT2D eigenvalue weighted by Crippen LogP contribution is -2.35. The number of furan rings is 1. The second kappa shape index (κ2) is 7.21. The average molecular weight is 347 g/mol. The Kier molecular flexibility index (Phi) is 5.05. The molecule has 0 saturated carbocycles. The van der Waals surface area contributed by atoms with Crippen molar-refractivity contribution in [2.45, 2.75) is 22.9 Å². The van der Waals surface area contributed by atoms with Crippen LogP contribution in [0.25, 0.3) is 11.0 Å². The Bertz CT molecular complexity index is 795. The van der Waals surface area contributed by atoms with Crippen molar-refractivity contribution in [3.8, 4) is 0 Å². The van der Waals surface area contributed by atoms with Crippen LogP contribution in [0.3, 0.4) is 0 Å². The number of amides is 1. The van der Waals surface area contributed by atoms with E-state index >= 15 is 0 Å². The standard InChI is InChI=1S/C17H17NO3S2/c1-11(9-19)18-17(20)16-13(10-23-15-7-4-8-22-15)12-5-2-3-6-14(12)21-16/h2-8,11,19H,9-10H2,1H3,(H,18,20). The summed E-state index contributed by atoms with van der Waals surface area (Å²) in [5.74, 6) is 0.702. The summed E-state index contributed by atoms with van der Waals surface area (Å²) >= 11 is 3.36. The zero-order valence-corrected chi connectivity index (χ0v) is 14.2. The van der Waals surface area contributed by atoms with Crippen LogP contribution < -0.4 is 5.32 Å². The summed E-state index contributed by atoms with van der Waals surface area (Å²) in [6.45, 7) is 1.64. The number of nitrogens with one attached hydrogen (secondary N) is 1. The molecule has 1 unspecified atom stereocenters. The molecular formula is C17H17NO3S2. The van der Waals surface area contributed by atoms with E-state index in [0.29, 0.717) is 17.1 Å². The van der Waals surface area contributed by atoms with Crippen molar-refractivity contribution in [3.63, 3.8) is 0 Å². The third-order valence-electron chi connectivity index (χ3n) is 3.41. The third kappa shape index (κ3) is 3.60. The third-order valence-corrected chi connectivity index (χ3v) is 5.57. The number of para-hydroxylation sites is 1. The number of hydrogen-bond acceptors (Lipinski definition) is 5. The monoisotopic (exact) mass is 347 g/mol. The Balaban J connectivity index is 1.92. The maximum atomic E-state index is 12.4. The van der Waals surface area contributed by atoms with Gasteiger partial charge in [-0.3, -0.25) is 4.79 Å². The number of carbonyl (C=O) groups is 1. The van der Waals surface area contributed by atoms with Crippen molar-refractivity contribution in [1.29, 1.82) is 0 Å². The summed E-state index contributed by atoms with van der Waals surface area (Å²) in [5, 5.41) is 14.9. The molecular weight excluding hydrogens is 330 g/mol. The highest BCUT2D eigenvalue weighted by molar-refractivity contribution is 8.00. The van der Waals surface area contributed by atoms with E-state index in [4.69, 9.17) is 9.52 Å². The van der Waals surface area contributed by atoms with Gasteiger partial charge in [-0.25, -0.2) is 0 Å². The van der Waals surface area contributed by atoms with Crippen LogP contribution in [0.15, 0.2) is 50.4 Å². The lowest BCUT2D eigenvalue weighted by atomic mass is 10.1. The second-order valence-electron chi connectivity index (χ2n) is 5.18. The lowest BCUT2D eigenvalue weighted by Gasteiger charge is -2.10. The molecule has 2 N–H and O–H groups in total. The van der Waals surface area contributed by atoms with Crippen LogP contribution >= 0.6 is 23.1 Å². The molecule has 23 heavy (non-hydrogen) atoms. The summed E-state index contributed by atoms with van der Waals surface area (Å²) in [6.07, 6.45) is 0. The Hall–Kier alpha value is -1.76. The maximum absolute atomic E-state index is 12.4. The van der Waals surface area contributed by atoms with E-state index in [1.807, 2.05) is 35.7 Å². The van der Waals surface area contributed by atoms with Crippen LogP contribution in [-0.4, -0.2) is 23.7 Å². The number of aliphatic hydroxyl groups is 1. The summed E-state index contributed by atoms with van der Waals surface area (Å²) < 4.78 is 6.97. The molecule has 0 radical (unpaired) electrons. The molecule has 0 saturated heterocycles. The van der Waals surface area contributed by atoms with Crippen molar-refractivity contribution < 1.29 is 14.3 Å². The molecule has 2 aromatic heterocycles. The predicted molar refractivity (Wildman–Crippen MR) is 94.1 cm³/mol. The van der Waals surface area contributed by atoms with Crippen LogP contribution in [0.5, 0.6) is 0 Å². The van der Waals surface area contributed by atoms with Crippen LogP contribution in [0.2, 0.25) is 0 Å². The number of thioether (sulfide) groups is 1. The fraction of sp³-hybridized carbons (Fsp3) is 0.235. The molecule has 120 valence electrons. The van der Waals surface area contributed by atoms with Gasteiger partial charge in [0.25, 0.3) is 5.91 Å². The van der Waals surface area contributed by atoms with E-state index in [-0.39, 0.29) is 18.6 Å². The normalized spacial score (nSPS) is 12.4. The molecule has 0 bridgehead atoms. The van der Waals surface area contributed by atoms with E-state index in [0.717, 1.165) is 10.9 Å². The average Bonchev–Trinajstić information content (AvgIpc) is 3.20. The molecule has 1 aromatic carbocycles. The molecule has 1 atom stereocenters. The molecule has 6 heteroatoms. The van der Waals surface area contributed by atoms with Crippen molar-refractivity contribution in [2.75, 3.05) is 6.61 Å². The smallest absolute Gasteiger partial charge is 0.287 e. The van der Waals surface area contributed by atoms with E-state index in [1.165, 1.54) is 4.21 Å². The Morgan fingerprint density at radius 3 is 2.91 bits per heavy atom. The van der Waals surface area contributed by atoms with Gasteiger partial charge < -0.3 is 14.8 Å². The minimum absolute atomic E-state index is 0.106. The summed E-state index contributed by atoms with van der Waals surface area (Å²) in [6, 6.07) is 11.4. The van der Waals surface area contributed by atoms with Gasteiger partial charge in [0.15, 0.2) is 5.76 Å². The summed E-state index contributed by atoms with van der Waals surface area (Å²) in [4.78, 5) is 12.4. The minimum atomic E-state index is -0.312. The van der Waals surface area contributed by atoms with Crippen LogP contribution in [0.4, 0.5) is 0 Å². The van der Waals surface area contributed by atoms with Crippen LogP contribution in [0.1, 0.15) is 23.0 Å². The molecule has 0 spiro atoms. The minimum Gasteiger partial charge on any atom is -0.451 e.